The molecule has 2 N–H and O–H groups in total. The first-order valence-electron chi connectivity index (χ1n) is 9.00. The molecule has 26 heavy (non-hydrogen) atoms. The molecule has 3 heteroatoms. The van der Waals surface area contributed by atoms with Gasteiger partial charge in [0, 0.05) is 11.6 Å². The van der Waals surface area contributed by atoms with Crippen LogP contribution in [-0.4, -0.2) is 11.1 Å². The first-order valence-corrected chi connectivity index (χ1v) is 9.00. The molecular weight excluding hydrogens is 322 g/mol. The first-order chi connectivity index (χ1) is 12.7. The second-order valence-electron chi connectivity index (χ2n) is 7.15. The van der Waals surface area contributed by atoms with Gasteiger partial charge < -0.3 is 10.4 Å². The van der Waals surface area contributed by atoms with E-state index >= 15 is 0 Å². The van der Waals surface area contributed by atoms with Crippen LogP contribution < -0.4 is 5.32 Å². The van der Waals surface area contributed by atoms with Crippen LogP contribution in [0.3, 0.4) is 0 Å². The maximum absolute atomic E-state index is 11.4. The third-order valence-electron chi connectivity index (χ3n) is 5.77. The molecule has 3 nitrogen and oxygen atoms in total. The minimum absolute atomic E-state index is 0.212. The fourth-order valence-corrected chi connectivity index (χ4v) is 4.56. The summed E-state index contributed by atoms with van der Waals surface area (Å²) in [5, 5.41) is 15.6. The van der Waals surface area contributed by atoms with Crippen LogP contribution in [0.15, 0.2) is 72.8 Å². The van der Waals surface area contributed by atoms with E-state index in [1.54, 1.807) is 6.07 Å². The smallest absolute Gasteiger partial charge is 0.335 e. The Morgan fingerprint density at radius 1 is 1.00 bits per heavy atom. The summed E-state index contributed by atoms with van der Waals surface area (Å²) in [6.45, 7) is 0. The van der Waals surface area contributed by atoms with E-state index in [0.717, 1.165) is 17.7 Å². The van der Waals surface area contributed by atoms with Crippen molar-refractivity contribution in [3.05, 3.63) is 89.5 Å². The van der Waals surface area contributed by atoms with E-state index in [-0.39, 0.29) is 12.0 Å². The van der Waals surface area contributed by atoms with Crippen molar-refractivity contribution in [1.82, 2.24) is 0 Å². The predicted molar refractivity (Wildman–Crippen MR) is 104 cm³/mol. The highest BCUT2D eigenvalue weighted by molar-refractivity contribution is 5.89. The molecule has 3 aromatic carbocycles. The van der Waals surface area contributed by atoms with Gasteiger partial charge in [-0.15, -0.1) is 0 Å². The molecule has 3 aromatic rings. The van der Waals surface area contributed by atoms with E-state index in [9.17, 15) is 9.90 Å². The molecule has 0 saturated heterocycles. The fourth-order valence-electron chi connectivity index (χ4n) is 4.56. The number of hydrogen-bond donors (Lipinski definition) is 2. The number of anilines is 1. The van der Waals surface area contributed by atoms with Gasteiger partial charge in [0.25, 0.3) is 0 Å². The zero-order valence-electron chi connectivity index (χ0n) is 14.2. The number of hydrogen-bond acceptors (Lipinski definition) is 2. The van der Waals surface area contributed by atoms with Crippen molar-refractivity contribution in [2.24, 2.45) is 5.92 Å². The maximum atomic E-state index is 11.4. The average molecular weight is 341 g/mol. The van der Waals surface area contributed by atoms with Crippen LogP contribution in [-0.2, 0) is 0 Å². The van der Waals surface area contributed by atoms with Gasteiger partial charge in [0.15, 0.2) is 0 Å². The molecule has 0 fully saturated rings. The lowest BCUT2D eigenvalue weighted by Gasteiger charge is -2.38. The van der Waals surface area contributed by atoms with Crippen molar-refractivity contribution in [3.8, 4) is 0 Å². The standard InChI is InChI=1S/C23H19NO2/c25-23(26)15-11-12-21-20(13-15)17-8-4-10-19(17)22(24-21)18-9-3-6-14-5-1-2-7-16(14)18/h1-9,11-13,17,19,22,24H,10H2,(H,25,26)/t17-,19+,22+/m0/s1. The summed E-state index contributed by atoms with van der Waals surface area (Å²) in [4.78, 5) is 11.4. The van der Waals surface area contributed by atoms with Crippen molar-refractivity contribution in [1.29, 1.82) is 0 Å². The molecule has 5 rings (SSSR count). The molecule has 0 amide bonds. The number of carboxylic acid groups (broad SMARTS) is 1. The maximum Gasteiger partial charge on any atom is 0.335 e. The van der Waals surface area contributed by atoms with Gasteiger partial charge >= 0.3 is 5.97 Å². The minimum Gasteiger partial charge on any atom is -0.478 e. The molecule has 3 atom stereocenters. The van der Waals surface area contributed by atoms with Crippen molar-refractivity contribution in [2.75, 3.05) is 5.32 Å². The summed E-state index contributed by atoms with van der Waals surface area (Å²) in [7, 11) is 0. The van der Waals surface area contributed by atoms with Crippen LogP contribution in [0.5, 0.6) is 0 Å². The Labute approximate surface area is 152 Å². The van der Waals surface area contributed by atoms with Gasteiger partial charge in [-0.2, -0.15) is 0 Å². The van der Waals surface area contributed by atoms with Crippen LogP contribution in [0.4, 0.5) is 5.69 Å². The van der Waals surface area contributed by atoms with Crippen LogP contribution in [0, 0.1) is 5.92 Å². The van der Waals surface area contributed by atoms with Crippen LogP contribution in [0.2, 0.25) is 0 Å². The third kappa shape index (κ3) is 2.24. The number of carboxylic acids is 1. The minimum atomic E-state index is -0.873. The lowest BCUT2D eigenvalue weighted by atomic mass is 9.76. The highest BCUT2D eigenvalue weighted by atomic mass is 16.4. The predicted octanol–water partition coefficient (Wildman–Crippen LogP) is 5.36. The summed E-state index contributed by atoms with van der Waals surface area (Å²) >= 11 is 0. The quantitative estimate of drug-likeness (QED) is 0.617. The number of rotatable bonds is 2. The average Bonchev–Trinajstić information content (AvgIpc) is 3.16. The van der Waals surface area contributed by atoms with Gasteiger partial charge in [0.2, 0.25) is 0 Å². The Morgan fingerprint density at radius 3 is 2.73 bits per heavy atom. The summed E-state index contributed by atoms with van der Waals surface area (Å²) < 4.78 is 0. The topological polar surface area (TPSA) is 49.3 Å². The number of benzene rings is 3. The van der Waals surface area contributed by atoms with Gasteiger partial charge in [-0.05, 0) is 52.4 Å². The molecule has 1 heterocycles. The molecular formula is C23H19NO2. The van der Waals surface area contributed by atoms with Crippen LogP contribution in [0.25, 0.3) is 10.8 Å². The second kappa shape index (κ2) is 5.73. The van der Waals surface area contributed by atoms with E-state index in [1.807, 2.05) is 12.1 Å². The van der Waals surface area contributed by atoms with Gasteiger partial charge in [-0.3, -0.25) is 0 Å². The highest BCUT2D eigenvalue weighted by Gasteiger charge is 2.38. The normalized spacial score (nSPS) is 23.3. The number of nitrogens with one attached hydrogen (secondary N) is 1. The van der Waals surface area contributed by atoms with Gasteiger partial charge in [0.05, 0.1) is 11.6 Å². The van der Waals surface area contributed by atoms with E-state index in [0.29, 0.717) is 11.5 Å². The Kier molecular flexibility index (Phi) is 3.35. The van der Waals surface area contributed by atoms with E-state index in [1.165, 1.54) is 16.3 Å². The van der Waals surface area contributed by atoms with E-state index in [4.69, 9.17) is 0 Å². The van der Waals surface area contributed by atoms with Gasteiger partial charge in [-0.1, -0.05) is 54.6 Å². The fraction of sp³-hybridized carbons (Fsp3) is 0.174. The number of allylic oxidation sites excluding steroid dienone is 2. The Hall–Kier alpha value is -3.07. The molecule has 0 bridgehead atoms. The number of fused-ring (bicyclic) bond motifs is 4. The van der Waals surface area contributed by atoms with E-state index < -0.39 is 5.97 Å². The van der Waals surface area contributed by atoms with E-state index in [2.05, 4.69) is 59.9 Å². The molecule has 1 aliphatic heterocycles. The van der Waals surface area contributed by atoms with Crippen molar-refractivity contribution >= 4 is 22.4 Å². The van der Waals surface area contributed by atoms with Gasteiger partial charge in [0.1, 0.15) is 0 Å². The van der Waals surface area contributed by atoms with Crippen LogP contribution in [0.1, 0.15) is 39.9 Å². The number of aromatic carboxylic acids is 1. The molecule has 0 radical (unpaired) electrons. The SMILES string of the molecule is O=C(O)c1ccc2c(c1)[C@H]1C=CC[C@H]1[C@@H](c1cccc3ccccc13)N2. The van der Waals surface area contributed by atoms with Gasteiger partial charge in [-0.25, -0.2) is 4.79 Å². The summed E-state index contributed by atoms with van der Waals surface area (Å²) in [5.74, 6) is -0.214. The van der Waals surface area contributed by atoms with Crippen LogP contribution >= 0.6 is 0 Å². The zero-order valence-corrected chi connectivity index (χ0v) is 14.2. The summed E-state index contributed by atoms with van der Waals surface area (Å²) in [5.41, 5.74) is 3.81. The highest BCUT2D eigenvalue weighted by Crippen LogP contribution is 2.50. The largest absolute Gasteiger partial charge is 0.478 e. The van der Waals surface area contributed by atoms with Crippen molar-refractivity contribution < 1.29 is 9.90 Å². The molecule has 0 saturated carbocycles. The van der Waals surface area contributed by atoms with Crippen molar-refractivity contribution in [2.45, 2.75) is 18.4 Å². The molecule has 0 aromatic heterocycles. The lowest BCUT2D eigenvalue weighted by molar-refractivity contribution is 0.0696. The first kappa shape index (κ1) is 15.2. The summed E-state index contributed by atoms with van der Waals surface area (Å²) in [6.07, 6.45) is 5.48. The molecule has 1 aliphatic carbocycles. The molecule has 0 spiro atoms. The molecule has 128 valence electrons. The summed E-state index contributed by atoms with van der Waals surface area (Å²) in [6, 6.07) is 20.6. The molecule has 0 unspecified atom stereocenters. The second-order valence-corrected chi connectivity index (χ2v) is 7.15. The monoisotopic (exact) mass is 341 g/mol. The Bertz CT molecular complexity index is 1050. The Morgan fingerprint density at radius 2 is 1.85 bits per heavy atom. The van der Waals surface area contributed by atoms with Crippen molar-refractivity contribution in [3.63, 3.8) is 0 Å². The zero-order chi connectivity index (χ0) is 17.7. The third-order valence-corrected chi connectivity index (χ3v) is 5.77. The lowest BCUT2D eigenvalue weighted by Crippen LogP contribution is -2.29. The number of carbonyl (C=O) groups is 1. The Balaban J connectivity index is 1.65. The molecule has 2 aliphatic rings.